The number of nitrogens with zero attached hydrogens (tertiary/aromatic N) is 1. The first-order chi connectivity index (χ1) is 15.9. The fourth-order valence-corrected chi connectivity index (χ4v) is 3.34. The normalized spacial score (nSPS) is 18.5. The molecular weight excluding hydrogens is 424 g/mol. The molecule has 0 saturated heterocycles. The van der Waals surface area contributed by atoms with Crippen LogP contribution in [0.2, 0.25) is 0 Å². The molecule has 3 atom stereocenters. The molecule has 0 aromatic carbocycles. The van der Waals surface area contributed by atoms with Crippen molar-refractivity contribution in [2.24, 2.45) is 4.99 Å². The van der Waals surface area contributed by atoms with Crippen LogP contribution in [0.1, 0.15) is 53.4 Å². The quantitative estimate of drug-likeness (QED) is 0.151. The Hall–Kier alpha value is -1.74. The number of rotatable bonds is 17. The molecule has 0 aliphatic heterocycles. The van der Waals surface area contributed by atoms with Crippen LogP contribution >= 0.6 is 0 Å². The van der Waals surface area contributed by atoms with Gasteiger partial charge in [-0.3, -0.25) is 4.99 Å². The van der Waals surface area contributed by atoms with E-state index in [0.717, 1.165) is 50.1 Å². The summed E-state index contributed by atoms with van der Waals surface area (Å²) in [6, 6.07) is 0. The maximum Gasteiger partial charge on any atom is 0.340 e. The first-order valence-electron chi connectivity index (χ1n) is 12.0. The fourth-order valence-electron chi connectivity index (χ4n) is 3.34. The summed E-state index contributed by atoms with van der Waals surface area (Å²) in [4.78, 5) is 16.9. The largest absolute Gasteiger partial charge is 0.459 e. The van der Waals surface area contributed by atoms with Crippen LogP contribution in [0.4, 0.5) is 0 Å². The second kappa shape index (κ2) is 17.7. The van der Waals surface area contributed by atoms with E-state index >= 15 is 0 Å². The molecule has 0 bridgehead atoms. The van der Waals surface area contributed by atoms with Gasteiger partial charge >= 0.3 is 5.97 Å². The summed E-state index contributed by atoms with van der Waals surface area (Å²) in [6.07, 6.45) is 7.08. The smallest absolute Gasteiger partial charge is 0.340 e. The Morgan fingerprint density at radius 3 is 2.39 bits per heavy atom. The third-order valence-electron chi connectivity index (χ3n) is 5.07. The van der Waals surface area contributed by atoms with Gasteiger partial charge in [0.15, 0.2) is 0 Å². The van der Waals surface area contributed by atoms with Crippen molar-refractivity contribution in [2.45, 2.75) is 71.7 Å². The molecular formula is C25H44N2O6. The Morgan fingerprint density at radius 1 is 1.09 bits per heavy atom. The lowest BCUT2D eigenvalue weighted by atomic mass is 9.95. The number of hydrogen-bond acceptors (Lipinski definition) is 8. The average Bonchev–Trinajstić information content (AvgIpc) is 2.81. The number of nitrogens with one attached hydrogen (secondary N) is 1. The molecule has 0 radical (unpaired) electrons. The van der Waals surface area contributed by atoms with E-state index in [0.29, 0.717) is 25.4 Å². The summed E-state index contributed by atoms with van der Waals surface area (Å²) < 4.78 is 27.6. The summed E-state index contributed by atoms with van der Waals surface area (Å²) in [5.41, 5.74) is 2.58. The number of carbonyl (C=O) groups excluding carboxylic acids is 1. The predicted octanol–water partition coefficient (Wildman–Crippen LogP) is 3.46. The summed E-state index contributed by atoms with van der Waals surface area (Å²) in [7, 11) is 3.36. The van der Waals surface area contributed by atoms with Gasteiger partial charge in [-0.2, -0.15) is 0 Å². The monoisotopic (exact) mass is 468 g/mol. The van der Waals surface area contributed by atoms with Gasteiger partial charge in [0.1, 0.15) is 6.61 Å². The van der Waals surface area contributed by atoms with Crippen molar-refractivity contribution in [3.05, 3.63) is 22.9 Å². The van der Waals surface area contributed by atoms with Crippen LogP contribution in [0.25, 0.3) is 0 Å². The van der Waals surface area contributed by atoms with Crippen molar-refractivity contribution >= 4 is 12.2 Å². The lowest BCUT2D eigenvalue weighted by Crippen LogP contribution is -2.27. The number of esters is 1. The molecule has 190 valence electrons. The minimum atomic E-state index is -0.377. The van der Waals surface area contributed by atoms with E-state index < -0.39 is 0 Å². The van der Waals surface area contributed by atoms with E-state index in [9.17, 15) is 4.79 Å². The number of allylic oxidation sites excluding steroid dienone is 3. The van der Waals surface area contributed by atoms with Crippen molar-refractivity contribution in [2.75, 3.05) is 53.7 Å². The number of hydrogen-bond donors (Lipinski definition) is 1. The molecule has 0 saturated carbocycles. The van der Waals surface area contributed by atoms with Gasteiger partial charge in [-0.15, -0.1) is 0 Å². The minimum absolute atomic E-state index is 0.0532. The van der Waals surface area contributed by atoms with Gasteiger partial charge in [-0.1, -0.05) is 0 Å². The molecule has 1 rings (SSSR count). The van der Waals surface area contributed by atoms with Gasteiger partial charge in [0.05, 0.1) is 37.1 Å². The van der Waals surface area contributed by atoms with Crippen molar-refractivity contribution in [1.29, 1.82) is 0 Å². The van der Waals surface area contributed by atoms with Crippen molar-refractivity contribution < 1.29 is 28.5 Å². The third-order valence-corrected chi connectivity index (χ3v) is 5.07. The Kier molecular flexibility index (Phi) is 15.7. The van der Waals surface area contributed by atoms with Crippen LogP contribution in [0.5, 0.6) is 0 Å². The Morgan fingerprint density at radius 2 is 1.76 bits per heavy atom. The molecule has 0 fully saturated rings. The predicted molar refractivity (Wildman–Crippen MR) is 131 cm³/mol. The average molecular weight is 469 g/mol. The molecule has 1 aliphatic rings. The zero-order valence-corrected chi connectivity index (χ0v) is 21.4. The van der Waals surface area contributed by atoms with E-state index in [2.05, 4.69) is 16.4 Å². The lowest BCUT2D eigenvalue weighted by molar-refractivity contribution is -0.143. The Bertz CT molecular complexity index is 647. The maximum absolute atomic E-state index is 12.8. The van der Waals surface area contributed by atoms with E-state index in [-0.39, 0.29) is 30.9 Å². The van der Waals surface area contributed by atoms with Gasteiger partial charge in [-0.05, 0) is 65.0 Å². The molecule has 1 aliphatic carbocycles. The third kappa shape index (κ3) is 12.9. The highest BCUT2D eigenvalue weighted by Gasteiger charge is 2.19. The molecule has 8 heteroatoms. The summed E-state index contributed by atoms with van der Waals surface area (Å²) in [5.74, 6) is -0.377. The topological polar surface area (TPSA) is 87.6 Å². The number of ether oxygens (including phenoxy) is 5. The number of carbonyl (C=O) groups is 1. The zero-order valence-electron chi connectivity index (χ0n) is 21.4. The van der Waals surface area contributed by atoms with Crippen LogP contribution in [-0.2, 0) is 28.5 Å². The van der Waals surface area contributed by atoms with Gasteiger partial charge in [0.25, 0.3) is 0 Å². The Balaban J connectivity index is 2.54. The van der Waals surface area contributed by atoms with Crippen LogP contribution in [0.15, 0.2) is 27.9 Å². The van der Waals surface area contributed by atoms with Gasteiger partial charge in [-0.25, -0.2) is 4.79 Å². The van der Waals surface area contributed by atoms with Crippen LogP contribution < -0.4 is 5.32 Å². The minimum Gasteiger partial charge on any atom is -0.459 e. The maximum atomic E-state index is 12.8. The SMILES string of the molecule is CCOC(C)COC(C)COC(C)COC(=O)C(/C=N\C)=C1\C=C(NCCCOC)CCC1. The lowest BCUT2D eigenvalue weighted by Gasteiger charge is -2.20. The second-order valence-electron chi connectivity index (χ2n) is 8.27. The first kappa shape index (κ1) is 29.3. The highest BCUT2D eigenvalue weighted by Crippen LogP contribution is 2.24. The molecule has 3 unspecified atom stereocenters. The van der Waals surface area contributed by atoms with E-state index in [1.807, 2.05) is 27.7 Å². The summed E-state index contributed by atoms with van der Waals surface area (Å²) >= 11 is 0. The summed E-state index contributed by atoms with van der Waals surface area (Å²) in [6.45, 7) is 11.1. The molecule has 0 aromatic heterocycles. The molecule has 0 aromatic rings. The van der Waals surface area contributed by atoms with Crippen LogP contribution in [0.3, 0.4) is 0 Å². The Labute approximate surface area is 199 Å². The fraction of sp³-hybridized carbons (Fsp3) is 0.760. The van der Waals surface area contributed by atoms with Gasteiger partial charge in [0, 0.05) is 45.8 Å². The zero-order chi connectivity index (χ0) is 24.5. The van der Waals surface area contributed by atoms with E-state index in [1.54, 1.807) is 20.4 Å². The van der Waals surface area contributed by atoms with Crippen molar-refractivity contribution in [3.8, 4) is 0 Å². The number of methoxy groups -OCH3 is 1. The molecule has 0 amide bonds. The molecule has 33 heavy (non-hydrogen) atoms. The van der Waals surface area contributed by atoms with Gasteiger partial charge < -0.3 is 29.0 Å². The van der Waals surface area contributed by atoms with Crippen molar-refractivity contribution in [1.82, 2.24) is 5.32 Å². The standard InChI is InChI=1S/C25H44N2O6/c1-7-30-19(2)16-31-20(3)17-32-21(4)18-33-25(28)24(15-26-5)22-10-8-11-23(14-22)27-12-9-13-29-6/h14-15,19-21,27H,7-13,16-18H2,1-6H3/b24-22-,26-15-. The highest BCUT2D eigenvalue weighted by molar-refractivity contribution is 6.10. The van der Waals surface area contributed by atoms with E-state index in [4.69, 9.17) is 23.7 Å². The van der Waals surface area contributed by atoms with Gasteiger partial charge in [0.2, 0.25) is 0 Å². The van der Waals surface area contributed by atoms with Crippen LogP contribution in [-0.4, -0.2) is 84.2 Å². The first-order valence-corrected chi connectivity index (χ1v) is 12.0. The molecule has 0 spiro atoms. The second-order valence-corrected chi connectivity index (χ2v) is 8.27. The van der Waals surface area contributed by atoms with Crippen LogP contribution in [0, 0.1) is 0 Å². The number of aliphatic imine (C=N–C) groups is 1. The summed E-state index contributed by atoms with van der Waals surface area (Å²) in [5, 5.41) is 3.43. The van der Waals surface area contributed by atoms with Crippen molar-refractivity contribution in [3.63, 3.8) is 0 Å². The molecule has 1 N–H and O–H groups in total. The highest BCUT2D eigenvalue weighted by atomic mass is 16.6. The molecule has 8 nitrogen and oxygen atoms in total. The molecule has 0 heterocycles. The van der Waals surface area contributed by atoms with E-state index in [1.165, 1.54) is 0 Å².